The Hall–Kier alpha value is -2.82. The first-order valence-electron chi connectivity index (χ1n) is 10.1. The Bertz CT molecular complexity index is 1000. The van der Waals surface area contributed by atoms with E-state index in [0.29, 0.717) is 16.1 Å². The van der Waals surface area contributed by atoms with Gasteiger partial charge in [0.05, 0.1) is 6.10 Å². The molecule has 0 aliphatic heterocycles. The van der Waals surface area contributed by atoms with Gasteiger partial charge < -0.3 is 15.7 Å². The highest BCUT2D eigenvalue weighted by molar-refractivity contribution is 6.30. The highest BCUT2D eigenvalue weighted by atomic mass is 35.5. The molecule has 4 nitrogen and oxygen atoms in total. The second-order valence-electron chi connectivity index (χ2n) is 7.31. The zero-order chi connectivity index (χ0) is 21.5. The fraction of sp³-hybridized carbons (Fsp3) is 0.240. The smallest absolute Gasteiger partial charge is 0.251 e. The number of halogens is 1. The molecule has 3 aromatic rings. The van der Waals surface area contributed by atoms with Crippen LogP contribution in [0, 0.1) is 6.92 Å². The van der Waals surface area contributed by atoms with Crippen LogP contribution in [0.3, 0.4) is 0 Å². The number of aliphatic hydroxyl groups is 1. The van der Waals surface area contributed by atoms with E-state index in [-0.39, 0.29) is 12.5 Å². The van der Waals surface area contributed by atoms with E-state index in [1.165, 1.54) is 5.56 Å². The largest absolute Gasteiger partial charge is 0.387 e. The van der Waals surface area contributed by atoms with E-state index < -0.39 is 6.10 Å². The number of rotatable bonds is 8. The molecule has 0 aliphatic carbocycles. The number of hydrogen-bond acceptors (Lipinski definition) is 3. The molecule has 0 unspecified atom stereocenters. The first-order chi connectivity index (χ1) is 14.5. The lowest BCUT2D eigenvalue weighted by Crippen LogP contribution is -2.28. The van der Waals surface area contributed by atoms with Crippen LogP contribution in [0.15, 0.2) is 66.7 Å². The van der Waals surface area contributed by atoms with E-state index in [1.54, 1.807) is 24.3 Å². The highest BCUT2D eigenvalue weighted by Gasteiger charge is 2.12. The molecule has 0 heterocycles. The molecule has 1 amide bonds. The summed E-state index contributed by atoms with van der Waals surface area (Å²) in [7, 11) is 0. The van der Waals surface area contributed by atoms with Gasteiger partial charge in [-0.2, -0.15) is 0 Å². The highest BCUT2D eigenvalue weighted by Crippen LogP contribution is 2.27. The molecule has 0 spiro atoms. The molecule has 0 saturated heterocycles. The van der Waals surface area contributed by atoms with Gasteiger partial charge in [0, 0.05) is 29.4 Å². The average molecular weight is 423 g/mol. The maximum atomic E-state index is 12.5. The summed E-state index contributed by atoms with van der Waals surface area (Å²) in [6.45, 7) is 5.27. The minimum Gasteiger partial charge on any atom is -0.387 e. The number of anilines is 1. The van der Waals surface area contributed by atoms with Gasteiger partial charge >= 0.3 is 0 Å². The Morgan fingerprint density at radius 2 is 1.83 bits per heavy atom. The third kappa shape index (κ3) is 5.62. The van der Waals surface area contributed by atoms with Crippen LogP contribution in [0.2, 0.25) is 5.02 Å². The maximum Gasteiger partial charge on any atom is 0.251 e. The Morgan fingerprint density at radius 1 is 1.07 bits per heavy atom. The summed E-state index contributed by atoms with van der Waals surface area (Å²) in [5.74, 6) is -0.224. The topological polar surface area (TPSA) is 61.4 Å². The van der Waals surface area contributed by atoms with Crippen molar-refractivity contribution in [3.05, 3.63) is 88.4 Å². The van der Waals surface area contributed by atoms with Crippen molar-refractivity contribution in [2.45, 2.75) is 26.4 Å². The molecule has 0 fully saturated rings. The molecular formula is C25H27ClN2O2. The summed E-state index contributed by atoms with van der Waals surface area (Å²) in [5.41, 5.74) is 5.69. The van der Waals surface area contributed by atoms with Gasteiger partial charge in [0.25, 0.3) is 5.91 Å². The summed E-state index contributed by atoms with van der Waals surface area (Å²) < 4.78 is 0. The van der Waals surface area contributed by atoms with Crippen molar-refractivity contribution in [3.63, 3.8) is 0 Å². The second kappa shape index (κ2) is 10.3. The summed E-state index contributed by atoms with van der Waals surface area (Å²) in [6.07, 6.45) is 0.256. The van der Waals surface area contributed by atoms with Gasteiger partial charge in [0.15, 0.2) is 0 Å². The molecule has 0 radical (unpaired) electrons. The average Bonchev–Trinajstić information content (AvgIpc) is 2.76. The number of benzene rings is 3. The molecule has 0 aliphatic rings. The van der Waals surface area contributed by atoms with Crippen LogP contribution >= 0.6 is 11.6 Å². The number of nitrogens with one attached hydrogen (secondary N) is 2. The number of aryl methyl sites for hydroxylation is 1. The lowest BCUT2D eigenvalue weighted by Gasteiger charge is -2.13. The lowest BCUT2D eigenvalue weighted by molar-refractivity contribution is 0.0916. The molecule has 1 atom stereocenters. The lowest BCUT2D eigenvalue weighted by atomic mass is 9.98. The minimum absolute atomic E-state index is 0.116. The van der Waals surface area contributed by atoms with Gasteiger partial charge in [0.1, 0.15) is 0 Å². The van der Waals surface area contributed by atoms with E-state index in [1.807, 2.05) is 24.3 Å². The van der Waals surface area contributed by atoms with Crippen molar-refractivity contribution < 1.29 is 9.90 Å². The predicted octanol–water partition coefficient (Wildman–Crippen LogP) is 5.60. The molecule has 0 aromatic heterocycles. The molecule has 0 saturated carbocycles. The molecular weight excluding hydrogens is 396 g/mol. The van der Waals surface area contributed by atoms with E-state index in [0.717, 1.165) is 29.8 Å². The first kappa shape index (κ1) is 21.9. The van der Waals surface area contributed by atoms with Crippen LogP contribution in [-0.4, -0.2) is 24.1 Å². The van der Waals surface area contributed by atoms with Gasteiger partial charge in [0.2, 0.25) is 0 Å². The fourth-order valence-electron chi connectivity index (χ4n) is 3.24. The van der Waals surface area contributed by atoms with Crippen LogP contribution in [-0.2, 0) is 0 Å². The summed E-state index contributed by atoms with van der Waals surface area (Å²) in [4.78, 5) is 12.5. The number of carbonyl (C=O) groups is 1. The third-order valence-electron chi connectivity index (χ3n) is 4.96. The summed E-state index contributed by atoms with van der Waals surface area (Å²) in [6, 6.07) is 20.8. The normalized spacial score (nSPS) is 11.7. The standard InChI is InChI=1S/C25H27ClN2O2/c1-3-13-27-22-12-7-17(2)23(15-22)18-8-10-19(11-9-18)25(30)28-16-24(29)20-5-4-6-21(26)14-20/h4-12,14-15,24,27,29H,3,13,16H2,1-2H3,(H,28,30)/t24-/m0/s1. The number of carbonyl (C=O) groups excluding carboxylic acids is 1. The van der Waals surface area contributed by atoms with Crippen LogP contribution in [0.25, 0.3) is 11.1 Å². The van der Waals surface area contributed by atoms with E-state index in [2.05, 4.69) is 42.7 Å². The predicted molar refractivity (Wildman–Crippen MR) is 124 cm³/mol. The van der Waals surface area contributed by atoms with Gasteiger partial charge in [-0.1, -0.05) is 48.9 Å². The van der Waals surface area contributed by atoms with Crippen molar-refractivity contribution >= 4 is 23.2 Å². The van der Waals surface area contributed by atoms with Crippen molar-refractivity contribution in [2.24, 2.45) is 0 Å². The quantitative estimate of drug-likeness (QED) is 0.442. The third-order valence-corrected chi connectivity index (χ3v) is 5.20. The van der Waals surface area contributed by atoms with Crippen molar-refractivity contribution in [1.29, 1.82) is 0 Å². The molecule has 3 rings (SSSR count). The molecule has 30 heavy (non-hydrogen) atoms. The zero-order valence-electron chi connectivity index (χ0n) is 17.3. The minimum atomic E-state index is -0.812. The zero-order valence-corrected chi connectivity index (χ0v) is 18.0. The number of aliphatic hydroxyl groups excluding tert-OH is 1. The molecule has 156 valence electrons. The van der Waals surface area contributed by atoms with Crippen molar-refractivity contribution in [2.75, 3.05) is 18.4 Å². The molecule has 5 heteroatoms. The molecule has 3 aromatic carbocycles. The van der Waals surface area contributed by atoms with Crippen LogP contribution < -0.4 is 10.6 Å². The van der Waals surface area contributed by atoms with Gasteiger partial charge in [-0.15, -0.1) is 0 Å². The van der Waals surface area contributed by atoms with Gasteiger partial charge in [-0.3, -0.25) is 4.79 Å². The second-order valence-corrected chi connectivity index (χ2v) is 7.75. The Kier molecular flexibility index (Phi) is 7.50. The fourth-order valence-corrected chi connectivity index (χ4v) is 3.44. The van der Waals surface area contributed by atoms with E-state index in [4.69, 9.17) is 11.6 Å². The Morgan fingerprint density at radius 3 is 2.53 bits per heavy atom. The SMILES string of the molecule is CCCNc1ccc(C)c(-c2ccc(C(=O)NC[C@H](O)c3cccc(Cl)c3)cc2)c1. The Labute approximate surface area is 182 Å². The maximum absolute atomic E-state index is 12.5. The van der Waals surface area contributed by atoms with Crippen LogP contribution in [0.5, 0.6) is 0 Å². The van der Waals surface area contributed by atoms with Crippen molar-refractivity contribution in [1.82, 2.24) is 5.32 Å². The van der Waals surface area contributed by atoms with E-state index in [9.17, 15) is 9.90 Å². The summed E-state index contributed by atoms with van der Waals surface area (Å²) in [5, 5.41) is 17.0. The van der Waals surface area contributed by atoms with Crippen LogP contribution in [0.4, 0.5) is 5.69 Å². The summed E-state index contributed by atoms with van der Waals surface area (Å²) >= 11 is 5.96. The Balaban J connectivity index is 1.66. The van der Waals surface area contributed by atoms with E-state index >= 15 is 0 Å². The monoisotopic (exact) mass is 422 g/mol. The van der Waals surface area contributed by atoms with Crippen molar-refractivity contribution in [3.8, 4) is 11.1 Å². The molecule has 0 bridgehead atoms. The van der Waals surface area contributed by atoms with Gasteiger partial charge in [-0.05, 0) is 72.0 Å². The number of hydrogen-bond donors (Lipinski definition) is 3. The van der Waals surface area contributed by atoms with Crippen LogP contribution in [0.1, 0.15) is 40.9 Å². The number of amides is 1. The molecule has 3 N–H and O–H groups in total. The van der Waals surface area contributed by atoms with Gasteiger partial charge in [-0.25, -0.2) is 0 Å². The first-order valence-corrected chi connectivity index (χ1v) is 10.5.